The van der Waals surface area contributed by atoms with Crippen LogP contribution in [0.5, 0.6) is 0 Å². The van der Waals surface area contributed by atoms with Crippen molar-refractivity contribution in [3.05, 3.63) is 12.7 Å². The first-order chi connectivity index (χ1) is 9.83. The summed E-state index contributed by atoms with van der Waals surface area (Å²) in [4.78, 5) is 0. The summed E-state index contributed by atoms with van der Waals surface area (Å²) in [5.74, 6) is 3.94. The highest BCUT2D eigenvalue weighted by Crippen LogP contribution is 2.42. The molecule has 0 heterocycles. The fraction of sp³-hybridized carbons (Fsp3) is 0.895. The van der Waals surface area contributed by atoms with Gasteiger partial charge in [-0.3, -0.25) is 0 Å². The van der Waals surface area contributed by atoms with Gasteiger partial charge >= 0.3 is 0 Å². The quantitative estimate of drug-likeness (QED) is 0.551. The molecule has 2 aliphatic rings. The van der Waals surface area contributed by atoms with Gasteiger partial charge in [0.25, 0.3) is 0 Å². The van der Waals surface area contributed by atoms with Gasteiger partial charge in [-0.2, -0.15) is 0 Å². The third-order valence-electron chi connectivity index (χ3n) is 5.79. The van der Waals surface area contributed by atoms with Crippen molar-refractivity contribution in [2.24, 2.45) is 23.7 Å². The SMILES string of the molecule is C=CCCC1CCC(C2CCC(COCC)CC2)CC1. The maximum atomic E-state index is 5.60. The molecule has 20 heavy (non-hydrogen) atoms. The van der Waals surface area contributed by atoms with Crippen molar-refractivity contribution >= 4 is 0 Å². The van der Waals surface area contributed by atoms with E-state index in [1.165, 1.54) is 64.2 Å². The largest absolute Gasteiger partial charge is 0.381 e. The molecule has 0 aromatic carbocycles. The van der Waals surface area contributed by atoms with Crippen LogP contribution in [-0.4, -0.2) is 13.2 Å². The molecule has 0 atom stereocenters. The van der Waals surface area contributed by atoms with Gasteiger partial charge in [-0.25, -0.2) is 0 Å². The van der Waals surface area contributed by atoms with Gasteiger partial charge in [-0.05, 0) is 82.0 Å². The van der Waals surface area contributed by atoms with E-state index in [0.29, 0.717) is 0 Å². The average molecular weight is 278 g/mol. The van der Waals surface area contributed by atoms with E-state index in [4.69, 9.17) is 4.74 Å². The molecule has 116 valence electrons. The zero-order valence-corrected chi connectivity index (χ0v) is 13.5. The van der Waals surface area contributed by atoms with E-state index in [1.807, 2.05) is 0 Å². The Morgan fingerprint density at radius 2 is 1.45 bits per heavy atom. The fourth-order valence-corrected chi connectivity index (χ4v) is 4.41. The van der Waals surface area contributed by atoms with Crippen LogP contribution in [0, 0.1) is 23.7 Å². The molecule has 0 aliphatic heterocycles. The maximum Gasteiger partial charge on any atom is 0.0494 e. The van der Waals surface area contributed by atoms with Crippen molar-refractivity contribution in [1.82, 2.24) is 0 Å². The summed E-state index contributed by atoms with van der Waals surface area (Å²) in [6, 6.07) is 0. The Kier molecular flexibility index (Phi) is 7.13. The molecule has 0 spiro atoms. The summed E-state index contributed by atoms with van der Waals surface area (Å²) in [5, 5.41) is 0. The molecule has 1 heteroatoms. The van der Waals surface area contributed by atoms with Crippen molar-refractivity contribution in [2.45, 2.75) is 71.1 Å². The minimum absolute atomic E-state index is 0.857. The van der Waals surface area contributed by atoms with Crippen molar-refractivity contribution in [2.75, 3.05) is 13.2 Å². The zero-order chi connectivity index (χ0) is 14.2. The molecule has 0 bridgehead atoms. The summed E-state index contributed by atoms with van der Waals surface area (Å²) in [7, 11) is 0. The normalized spacial score (nSPS) is 34.9. The Morgan fingerprint density at radius 1 is 0.900 bits per heavy atom. The molecular weight excluding hydrogens is 244 g/mol. The third kappa shape index (κ3) is 4.91. The summed E-state index contributed by atoms with van der Waals surface area (Å²) < 4.78 is 5.60. The van der Waals surface area contributed by atoms with E-state index in [-0.39, 0.29) is 0 Å². The molecule has 0 aromatic rings. The van der Waals surface area contributed by atoms with Gasteiger partial charge in [-0.15, -0.1) is 6.58 Å². The molecule has 1 nitrogen and oxygen atoms in total. The Hall–Kier alpha value is -0.300. The lowest BCUT2D eigenvalue weighted by Crippen LogP contribution is -2.27. The Morgan fingerprint density at radius 3 is 1.95 bits per heavy atom. The summed E-state index contributed by atoms with van der Waals surface area (Å²) in [6.07, 6.45) is 16.4. The minimum atomic E-state index is 0.857. The molecule has 0 amide bonds. The summed E-state index contributed by atoms with van der Waals surface area (Å²) in [6.45, 7) is 7.85. The van der Waals surface area contributed by atoms with Crippen molar-refractivity contribution < 1.29 is 4.74 Å². The van der Waals surface area contributed by atoms with E-state index in [9.17, 15) is 0 Å². The lowest BCUT2D eigenvalue weighted by atomic mass is 9.69. The van der Waals surface area contributed by atoms with Crippen LogP contribution in [0.1, 0.15) is 71.1 Å². The Labute approximate surface area is 126 Å². The van der Waals surface area contributed by atoms with E-state index in [2.05, 4.69) is 19.6 Å². The number of hydrogen-bond acceptors (Lipinski definition) is 1. The van der Waals surface area contributed by atoms with Gasteiger partial charge in [0.05, 0.1) is 0 Å². The number of hydrogen-bond donors (Lipinski definition) is 0. The van der Waals surface area contributed by atoms with Crippen LogP contribution in [0.2, 0.25) is 0 Å². The third-order valence-corrected chi connectivity index (χ3v) is 5.79. The first-order valence-electron chi connectivity index (χ1n) is 9.02. The van der Waals surface area contributed by atoms with Gasteiger partial charge in [0.2, 0.25) is 0 Å². The molecule has 0 N–H and O–H groups in total. The fourth-order valence-electron chi connectivity index (χ4n) is 4.41. The van der Waals surface area contributed by atoms with Crippen molar-refractivity contribution in [3.63, 3.8) is 0 Å². The molecule has 0 radical (unpaired) electrons. The highest BCUT2D eigenvalue weighted by molar-refractivity contribution is 4.82. The van der Waals surface area contributed by atoms with Crippen LogP contribution in [0.4, 0.5) is 0 Å². The topological polar surface area (TPSA) is 9.23 Å². The molecule has 2 aliphatic carbocycles. The first kappa shape index (κ1) is 16.1. The second-order valence-electron chi connectivity index (χ2n) is 7.09. The first-order valence-corrected chi connectivity index (χ1v) is 9.02. The maximum absolute atomic E-state index is 5.60. The van der Waals surface area contributed by atoms with E-state index in [0.717, 1.165) is 36.9 Å². The van der Waals surface area contributed by atoms with Gasteiger partial charge in [0.1, 0.15) is 0 Å². The van der Waals surface area contributed by atoms with Gasteiger partial charge < -0.3 is 4.74 Å². The zero-order valence-electron chi connectivity index (χ0n) is 13.5. The second kappa shape index (κ2) is 8.87. The highest BCUT2D eigenvalue weighted by Gasteiger charge is 2.30. The van der Waals surface area contributed by atoms with Crippen LogP contribution in [0.3, 0.4) is 0 Å². The average Bonchev–Trinajstić information content (AvgIpc) is 2.52. The van der Waals surface area contributed by atoms with Crippen LogP contribution < -0.4 is 0 Å². The molecule has 2 saturated carbocycles. The predicted octanol–water partition coefficient (Wildman–Crippen LogP) is 5.60. The molecule has 0 unspecified atom stereocenters. The highest BCUT2D eigenvalue weighted by atomic mass is 16.5. The van der Waals surface area contributed by atoms with Crippen LogP contribution in [0.15, 0.2) is 12.7 Å². The van der Waals surface area contributed by atoms with Gasteiger partial charge in [0.15, 0.2) is 0 Å². The Balaban J connectivity index is 1.64. The monoisotopic (exact) mass is 278 g/mol. The molecule has 0 aromatic heterocycles. The van der Waals surface area contributed by atoms with Crippen LogP contribution in [-0.2, 0) is 4.74 Å². The molecule has 2 rings (SSSR count). The number of ether oxygens (including phenoxy) is 1. The summed E-state index contributed by atoms with van der Waals surface area (Å²) in [5.41, 5.74) is 0. The number of rotatable bonds is 7. The predicted molar refractivity (Wildman–Crippen MR) is 86.8 cm³/mol. The van der Waals surface area contributed by atoms with E-state index in [1.54, 1.807) is 0 Å². The standard InChI is InChI=1S/C19H34O/c1-3-5-6-16-7-11-18(12-8-16)19-13-9-17(10-14-19)15-20-4-2/h3,16-19H,1,4-15H2,2H3. The Bertz CT molecular complexity index is 257. The van der Waals surface area contributed by atoms with Crippen LogP contribution in [0.25, 0.3) is 0 Å². The van der Waals surface area contributed by atoms with Crippen molar-refractivity contribution in [3.8, 4) is 0 Å². The van der Waals surface area contributed by atoms with Crippen LogP contribution >= 0.6 is 0 Å². The van der Waals surface area contributed by atoms with Crippen molar-refractivity contribution in [1.29, 1.82) is 0 Å². The van der Waals surface area contributed by atoms with E-state index < -0.39 is 0 Å². The number of allylic oxidation sites excluding steroid dienone is 1. The smallest absolute Gasteiger partial charge is 0.0494 e. The molecule has 2 fully saturated rings. The summed E-state index contributed by atoms with van der Waals surface area (Å²) >= 11 is 0. The van der Waals surface area contributed by atoms with Gasteiger partial charge in [0, 0.05) is 13.2 Å². The molecule has 0 saturated heterocycles. The van der Waals surface area contributed by atoms with E-state index >= 15 is 0 Å². The second-order valence-corrected chi connectivity index (χ2v) is 7.09. The lowest BCUT2D eigenvalue weighted by Gasteiger charge is -2.37. The van der Waals surface area contributed by atoms with Gasteiger partial charge in [-0.1, -0.05) is 18.9 Å². The minimum Gasteiger partial charge on any atom is -0.381 e. The lowest BCUT2D eigenvalue weighted by molar-refractivity contribution is 0.0711. The molecular formula is C19H34O.